The molecule has 0 amide bonds. The Labute approximate surface area is 153 Å². The summed E-state index contributed by atoms with van der Waals surface area (Å²) in [6, 6.07) is 10.7. The molecule has 6 nitrogen and oxygen atoms in total. The number of methoxy groups -OCH3 is 1. The molecule has 3 aromatic rings. The third kappa shape index (κ3) is 3.51. The molecule has 3 heterocycles. The van der Waals surface area contributed by atoms with Crippen LogP contribution in [0, 0.1) is 6.92 Å². The van der Waals surface area contributed by atoms with Crippen molar-refractivity contribution in [2.24, 2.45) is 0 Å². The molecule has 1 aliphatic heterocycles. The minimum absolute atomic E-state index is 0.313. The van der Waals surface area contributed by atoms with E-state index in [1.807, 2.05) is 23.9 Å². The fraction of sp³-hybridized carbons (Fsp3) is 0.400. The van der Waals surface area contributed by atoms with Crippen LogP contribution in [0.3, 0.4) is 0 Å². The first-order chi connectivity index (χ1) is 12.7. The number of aromatic nitrogens is 3. The van der Waals surface area contributed by atoms with E-state index in [0.29, 0.717) is 12.6 Å². The van der Waals surface area contributed by atoms with E-state index in [2.05, 4.69) is 39.4 Å². The second kappa shape index (κ2) is 7.33. The van der Waals surface area contributed by atoms with Crippen LogP contribution in [0.15, 0.2) is 47.2 Å². The second-order valence-corrected chi connectivity index (χ2v) is 6.85. The van der Waals surface area contributed by atoms with Gasteiger partial charge in [0.25, 0.3) is 0 Å². The van der Waals surface area contributed by atoms with Crippen molar-refractivity contribution in [3.8, 4) is 5.75 Å². The van der Waals surface area contributed by atoms with Gasteiger partial charge in [0.05, 0.1) is 25.4 Å². The highest BCUT2D eigenvalue weighted by molar-refractivity contribution is 5.37. The molecule has 6 heteroatoms. The molecule has 0 saturated carbocycles. The summed E-state index contributed by atoms with van der Waals surface area (Å²) >= 11 is 0. The van der Waals surface area contributed by atoms with Gasteiger partial charge in [0.2, 0.25) is 0 Å². The standard InChI is InChI=1S/C20H24N4O2/c1-15-11-20(26-22-15)18-5-3-9-23(18)13-16-6-7-19(25-2)17(12-16)14-24-10-4-8-21-24/h4,6-8,10-12,18H,3,5,9,13-14H2,1-2H3. The number of aryl methyl sites for hydroxylation is 1. The molecule has 0 spiro atoms. The molecule has 4 rings (SSSR count). The van der Waals surface area contributed by atoms with Gasteiger partial charge >= 0.3 is 0 Å². The Bertz CT molecular complexity index is 857. The monoisotopic (exact) mass is 352 g/mol. The molecule has 0 N–H and O–H groups in total. The van der Waals surface area contributed by atoms with Crippen LogP contribution in [0.1, 0.15) is 41.5 Å². The Kier molecular flexibility index (Phi) is 4.75. The zero-order valence-electron chi connectivity index (χ0n) is 15.3. The molecule has 0 bridgehead atoms. The molecule has 1 aliphatic rings. The molecule has 0 radical (unpaired) electrons. The van der Waals surface area contributed by atoms with Gasteiger partial charge in [0.1, 0.15) is 5.75 Å². The van der Waals surface area contributed by atoms with Crippen molar-refractivity contribution >= 4 is 0 Å². The van der Waals surface area contributed by atoms with E-state index in [1.54, 1.807) is 13.3 Å². The van der Waals surface area contributed by atoms with Crippen molar-refractivity contribution in [2.75, 3.05) is 13.7 Å². The molecule has 26 heavy (non-hydrogen) atoms. The van der Waals surface area contributed by atoms with Crippen LogP contribution >= 0.6 is 0 Å². The summed E-state index contributed by atoms with van der Waals surface area (Å²) in [5.41, 5.74) is 3.36. The summed E-state index contributed by atoms with van der Waals surface area (Å²) in [4.78, 5) is 2.47. The predicted molar refractivity (Wildman–Crippen MR) is 97.9 cm³/mol. The van der Waals surface area contributed by atoms with Gasteiger partial charge in [-0.15, -0.1) is 0 Å². The number of hydrogen-bond acceptors (Lipinski definition) is 5. The highest BCUT2D eigenvalue weighted by Gasteiger charge is 2.29. The molecular formula is C20H24N4O2. The van der Waals surface area contributed by atoms with Gasteiger partial charge in [-0.2, -0.15) is 5.10 Å². The van der Waals surface area contributed by atoms with Gasteiger partial charge in [-0.1, -0.05) is 11.2 Å². The molecule has 0 aliphatic carbocycles. The van der Waals surface area contributed by atoms with E-state index in [4.69, 9.17) is 9.26 Å². The quantitative estimate of drug-likeness (QED) is 0.679. The second-order valence-electron chi connectivity index (χ2n) is 6.85. The average molecular weight is 352 g/mol. The molecule has 2 aromatic heterocycles. The molecule has 1 unspecified atom stereocenters. The minimum Gasteiger partial charge on any atom is -0.496 e. The van der Waals surface area contributed by atoms with Crippen LogP contribution in [0.2, 0.25) is 0 Å². The number of hydrogen-bond donors (Lipinski definition) is 0. The summed E-state index contributed by atoms with van der Waals surface area (Å²) < 4.78 is 13.0. The lowest BCUT2D eigenvalue weighted by Crippen LogP contribution is -2.22. The van der Waals surface area contributed by atoms with Gasteiger partial charge in [-0.3, -0.25) is 9.58 Å². The summed E-state index contributed by atoms with van der Waals surface area (Å²) in [7, 11) is 1.71. The summed E-state index contributed by atoms with van der Waals surface area (Å²) in [5, 5.41) is 8.36. The highest BCUT2D eigenvalue weighted by Crippen LogP contribution is 2.34. The van der Waals surface area contributed by atoms with E-state index in [-0.39, 0.29) is 0 Å². The summed E-state index contributed by atoms with van der Waals surface area (Å²) in [5.74, 6) is 1.87. The number of nitrogens with zero attached hydrogens (tertiary/aromatic N) is 4. The van der Waals surface area contributed by atoms with Crippen molar-refractivity contribution in [3.63, 3.8) is 0 Å². The molecular weight excluding hydrogens is 328 g/mol. The predicted octanol–water partition coefficient (Wildman–Crippen LogP) is 3.57. The Hall–Kier alpha value is -2.60. The van der Waals surface area contributed by atoms with E-state index in [9.17, 15) is 0 Å². The number of ether oxygens (including phenoxy) is 1. The van der Waals surface area contributed by atoms with Crippen molar-refractivity contribution < 1.29 is 9.26 Å². The maximum Gasteiger partial charge on any atom is 0.154 e. The first-order valence-corrected chi connectivity index (χ1v) is 9.03. The van der Waals surface area contributed by atoms with Gasteiger partial charge in [-0.25, -0.2) is 0 Å². The van der Waals surface area contributed by atoms with Gasteiger partial charge in [0.15, 0.2) is 5.76 Å². The minimum atomic E-state index is 0.313. The highest BCUT2D eigenvalue weighted by atomic mass is 16.5. The average Bonchev–Trinajstić information content (AvgIpc) is 3.38. The fourth-order valence-corrected chi connectivity index (χ4v) is 3.73. The Morgan fingerprint density at radius 2 is 2.19 bits per heavy atom. The lowest BCUT2D eigenvalue weighted by Gasteiger charge is -2.23. The normalized spacial score (nSPS) is 17.7. The zero-order chi connectivity index (χ0) is 17.9. The maximum atomic E-state index is 5.53. The van der Waals surface area contributed by atoms with Crippen molar-refractivity contribution in [2.45, 2.75) is 38.9 Å². The van der Waals surface area contributed by atoms with Crippen LogP contribution in [-0.4, -0.2) is 33.5 Å². The Morgan fingerprint density at radius 1 is 1.27 bits per heavy atom. The van der Waals surface area contributed by atoms with E-state index < -0.39 is 0 Å². The molecule has 1 aromatic carbocycles. The first-order valence-electron chi connectivity index (χ1n) is 9.03. The largest absolute Gasteiger partial charge is 0.496 e. The Morgan fingerprint density at radius 3 is 2.92 bits per heavy atom. The molecule has 1 saturated heterocycles. The third-order valence-corrected chi connectivity index (χ3v) is 4.96. The van der Waals surface area contributed by atoms with Crippen LogP contribution in [0.25, 0.3) is 0 Å². The van der Waals surface area contributed by atoms with Crippen molar-refractivity contribution in [3.05, 3.63) is 65.3 Å². The van der Waals surface area contributed by atoms with E-state index in [0.717, 1.165) is 42.3 Å². The van der Waals surface area contributed by atoms with E-state index in [1.165, 1.54) is 12.0 Å². The SMILES string of the molecule is COc1ccc(CN2CCCC2c2cc(C)no2)cc1Cn1cccn1. The number of rotatable bonds is 6. The van der Waals surface area contributed by atoms with Crippen molar-refractivity contribution in [1.82, 2.24) is 19.8 Å². The van der Waals surface area contributed by atoms with Crippen LogP contribution in [0.4, 0.5) is 0 Å². The van der Waals surface area contributed by atoms with Crippen LogP contribution in [0.5, 0.6) is 5.75 Å². The van der Waals surface area contributed by atoms with Gasteiger partial charge < -0.3 is 9.26 Å². The summed E-state index contributed by atoms with van der Waals surface area (Å²) in [6.45, 7) is 4.64. The Balaban J connectivity index is 1.54. The van der Waals surface area contributed by atoms with Crippen molar-refractivity contribution in [1.29, 1.82) is 0 Å². The topological polar surface area (TPSA) is 56.3 Å². The van der Waals surface area contributed by atoms with Gasteiger partial charge in [-0.05, 0) is 50.1 Å². The van der Waals surface area contributed by atoms with Gasteiger partial charge in [0, 0.05) is 30.6 Å². The number of benzene rings is 1. The lowest BCUT2D eigenvalue weighted by molar-refractivity contribution is 0.206. The zero-order valence-corrected chi connectivity index (χ0v) is 15.3. The maximum absolute atomic E-state index is 5.53. The van der Waals surface area contributed by atoms with E-state index >= 15 is 0 Å². The first kappa shape index (κ1) is 16.8. The van der Waals surface area contributed by atoms with Crippen LogP contribution < -0.4 is 4.74 Å². The third-order valence-electron chi connectivity index (χ3n) is 4.96. The lowest BCUT2D eigenvalue weighted by atomic mass is 10.1. The van der Waals surface area contributed by atoms with Crippen LogP contribution in [-0.2, 0) is 13.1 Å². The fourth-order valence-electron chi connectivity index (χ4n) is 3.73. The molecule has 136 valence electrons. The molecule has 1 atom stereocenters. The molecule has 1 fully saturated rings. The number of likely N-dealkylation sites (tertiary alicyclic amines) is 1. The summed E-state index contributed by atoms with van der Waals surface area (Å²) in [6.07, 6.45) is 6.06. The smallest absolute Gasteiger partial charge is 0.154 e.